The fraction of sp³-hybridized carbons (Fsp3) is 0.182. The van der Waals surface area contributed by atoms with Crippen molar-refractivity contribution in [2.75, 3.05) is 13.2 Å². The summed E-state index contributed by atoms with van der Waals surface area (Å²) in [6.07, 6.45) is 1.55. The van der Waals surface area contributed by atoms with E-state index >= 15 is 0 Å². The molecule has 0 unspecified atom stereocenters. The van der Waals surface area contributed by atoms with Crippen molar-refractivity contribution in [3.63, 3.8) is 0 Å². The van der Waals surface area contributed by atoms with E-state index in [9.17, 15) is 14.7 Å². The number of rotatable bonds is 6. The van der Waals surface area contributed by atoms with Gasteiger partial charge in [0.15, 0.2) is 0 Å². The van der Waals surface area contributed by atoms with Gasteiger partial charge in [0, 0.05) is 12.1 Å². The summed E-state index contributed by atoms with van der Waals surface area (Å²) in [5.41, 5.74) is 1.09. The molecule has 28 heavy (non-hydrogen) atoms. The van der Waals surface area contributed by atoms with E-state index in [1.807, 2.05) is 37.3 Å². The normalized spacial score (nSPS) is 18.4. The van der Waals surface area contributed by atoms with Crippen molar-refractivity contribution >= 4 is 29.1 Å². The van der Waals surface area contributed by atoms with Crippen LogP contribution in [0.25, 0.3) is 5.76 Å². The number of ether oxygens (including phenoxy) is 1. The highest BCUT2D eigenvalue weighted by Gasteiger charge is 2.45. The summed E-state index contributed by atoms with van der Waals surface area (Å²) in [4.78, 5) is 26.7. The molecule has 2 aromatic rings. The molecule has 5 nitrogen and oxygen atoms in total. The van der Waals surface area contributed by atoms with E-state index in [0.29, 0.717) is 22.9 Å². The molecule has 0 radical (unpaired) electrons. The van der Waals surface area contributed by atoms with Crippen molar-refractivity contribution in [1.82, 2.24) is 4.90 Å². The molecule has 1 fully saturated rings. The van der Waals surface area contributed by atoms with Crippen molar-refractivity contribution in [3.05, 3.63) is 82.9 Å². The van der Waals surface area contributed by atoms with Gasteiger partial charge < -0.3 is 14.7 Å². The smallest absolute Gasteiger partial charge is 0.295 e. The lowest BCUT2D eigenvalue weighted by atomic mass is 9.95. The lowest BCUT2D eigenvalue weighted by Crippen LogP contribution is -2.29. The molecule has 0 bridgehead atoms. The van der Waals surface area contributed by atoms with E-state index in [0.717, 1.165) is 5.56 Å². The topological polar surface area (TPSA) is 66.8 Å². The van der Waals surface area contributed by atoms with Crippen LogP contribution >= 0.6 is 11.6 Å². The Kier molecular flexibility index (Phi) is 5.85. The molecule has 1 saturated heterocycles. The van der Waals surface area contributed by atoms with E-state index in [2.05, 4.69) is 6.58 Å². The van der Waals surface area contributed by atoms with Gasteiger partial charge in [-0.25, -0.2) is 0 Å². The molecule has 0 aromatic heterocycles. The summed E-state index contributed by atoms with van der Waals surface area (Å²) in [6, 6.07) is 13.1. The zero-order valence-electron chi connectivity index (χ0n) is 15.4. The lowest BCUT2D eigenvalue weighted by molar-refractivity contribution is -0.139. The number of hydrogen-bond donors (Lipinski definition) is 1. The SMILES string of the molecule is C=CCN1C(=O)C(=O)C(=C(O)c2ccc(OCC)c(Cl)c2)[C@@H]1c1ccccc1. The fourth-order valence-electron chi connectivity index (χ4n) is 3.27. The average molecular weight is 398 g/mol. The number of likely N-dealkylation sites (tertiary alicyclic amines) is 1. The summed E-state index contributed by atoms with van der Waals surface area (Å²) in [5, 5.41) is 11.2. The molecule has 1 atom stereocenters. The summed E-state index contributed by atoms with van der Waals surface area (Å²) in [5.74, 6) is -1.21. The number of hydrogen-bond acceptors (Lipinski definition) is 4. The van der Waals surface area contributed by atoms with Crippen molar-refractivity contribution in [2.24, 2.45) is 0 Å². The van der Waals surface area contributed by atoms with E-state index in [1.54, 1.807) is 18.2 Å². The highest BCUT2D eigenvalue weighted by atomic mass is 35.5. The van der Waals surface area contributed by atoms with Gasteiger partial charge in [0.1, 0.15) is 11.5 Å². The quantitative estimate of drug-likeness (QED) is 0.340. The predicted octanol–water partition coefficient (Wildman–Crippen LogP) is 4.35. The van der Waals surface area contributed by atoms with Gasteiger partial charge in [-0.15, -0.1) is 6.58 Å². The average Bonchev–Trinajstić information content (AvgIpc) is 2.95. The van der Waals surface area contributed by atoms with Crippen LogP contribution in [0.4, 0.5) is 0 Å². The maximum Gasteiger partial charge on any atom is 0.295 e. The number of carbonyl (C=O) groups excluding carboxylic acids is 2. The van der Waals surface area contributed by atoms with Crippen LogP contribution in [0.2, 0.25) is 5.02 Å². The second kappa shape index (κ2) is 8.31. The zero-order chi connectivity index (χ0) is 20.3. The summed E-state index contributed by atoms with van der Waals surface area (Å²) in [7, 11) is 0. The van der Waals surface area contributed by atoms with Crippen LogP contribution in [0.5, 0.6) is 5.75 Å². The van der Waals surface area contributed by atoms with E-state index in [4.69, 9.17) is 16.3 Å². The Balaban J connectivity index is 2.15. The van der Waals surface area contributed by atoms with Crippen molar-refractivity contribution in [3.8, 4) is 5.75 Å². The van der Waals surface area contributed by atoms with E-state index < -0.39 is 17.7 Å². The molecule has 6 heteroatoms. The number of Topliss-reactive ketones (excluding diaryl/α,β-unsaturated/α-hetero) is 1. The van der Waals surface area contributed by atoms with Crippen LogP contribution in [0, 0.1) is 0 Å². The number of amides is 1. The second-order valence-electron chi connectivity index (χ2n) is 6.23. The minimum atomic E-state index is -0.738. The minimum Gasteiger partial charge on any atom is -0.507 e. The number of benzene rings is 2. The Hall–Kier alpha value is -3.05. The molecule has 3 rings (SSSR count). The first kappa shape index (κ1) is 19.7. The molecular weight excluding hydrogens is 378 g/mol. The summed E-state index contributed by atoms with van der Waals surface area (Å²) >= 11 is 6.22. The third-order valence-electron chi connectivity index (χ3n) is 4.49. The Labute approximate surface area is 168 Å². The lowest BCUT2D eigenvalue weighted by Gasteiger charge is -2.24. The van der Waals surface area contributed by atoms with Crippen molar-refractivity contribution in [2.45, 2.75) is 13.0 Å². The maximum absolute atomic E-state index is 12.7. The number of carbonyl (C=O) groups is 2. The van der Waals surface area contributed by atoms with Gasteiger partial charge in [-0.2, -0.15) is 0 Å². The third-order valence-corrected chi connectivity index (χ3v) is 4.78. The van der Waals surface area contributed by atoms with E-state index in [1.165, 1.54) is 11.0 Å². The molecule has 0 spiro atoms. The Morgan fingerprint density at radius 3 is 2.57 bits per heavy atom. The molecule has 1 aliphatic rings. The van der Waals surface area contributed by atoms with Crippen LogP contribution in [0.3, 0.4) is 0 Å². The van der Waals surface area contributed by atoms with Crippen LogP contribution in [-0.2, 0) is 9.59 Å². The molecule has 1 N–H and O–H groups in total. The Bertz CT molecular complexity index is 952. The van der Waals surface area contributed by atoms with Crippen LogP contribution in [0.15, 0.2) is 66.8 Å². The number of aliphatic hydroxyl groups is 1. The number of halogens is 1. The zero-order valence-corrected chi connectivity index (χ0v) is 16.1. The molecular formula is C22H20ClNO4. The number of aliphatic hydroxyl groups excluding tert-OH is 1. The minimum absolute atomic E-state index is 0.0262. The summed E-state index contributed by atoms with van der Waals surface area (Å²) < 4.78 is 5.40. The van der Waals surface area contributed by atoms with Gasteiger partial charge >= 0.3 is 0 Å². The van der Waals surface area contributed by atoms with Gasteiger partial charge in [-0.3, -0.25) is 9.59 Å². The first-order chi connectivity index (χ1) is 13.5. The van der Waals surface area contributed by atoms with Crippen LogP contribution < -0.4 is 4.74 Å². The van der Waals surface area contributed by atoms with Gasteiger partial charge in [-0.1, -0.05) is 48.0 Å². The van der Waals surface area contributed by atoms with Crippen molar-refractivity contribution < 1.29 is 19.4 Å². The van der Waals surface area contributed by atoms with Gasteiger partial charge in [0.05, 0.1) is 23.2 Å². The largest absolute Gasteiger partial charge is 0.507 e. The molecule has 0 saturated carbocycles. The maximum atomic E-state index is 12.7. The molecule has 0 aliphatic carbocycles. The van der Waals surface area contributed by atoms with Gasteiger partial charge in [0.2, 0.25) is 0 Å². The summed E-state index contributed by atoms with van der Waals surface area (Å²) in [6.45, 7) is 6.14. The van der Waals surface area contributed by atoms with E-state index in [-0.39, 0.29) is 17.9 Å². The standard InChI is InChI=1S/C22H20ClNO4/c1-3-12-24-19(14-8-6-5-7-9-14)18(21(26)22(24)27)20(25)15-10-11-17(28-4-2)16(23)13-15/h3,5-11,13,19,25H,1,4,12H2,2H3/t19-/m0/s1. The highest BCUT2D eigenvalue weighted by Crippen LogP contribution is 2.40. The number of ketones is 1. The second-order valence-corrected chi connectivity index (χ2v) is 6.64. The number of nitrogens with zero attached hydrogens (tertiary/aromatic N) is 1. The van der Waals surface area contributed by atoms with Crippen LogP contribution in [-0.4, -0.2) is 34.8 Å². The van der Waals surface area contributed by atoms with Crippen molar-refractivity contribution in [1.29, 1.82) is 0 Å². The molecule has 1 aliphatic heterocycles. The Morgan fingerprint density at radius 1 is 1.25 bits per heavy atom. The first-order valence-electron chi connectivity index (χ1n) is 8.86. The molecule has 1 amide bonds. The van der Waals surface area contributed by atoms with Gasteiger partial charge in [-0.05, 0) is 30.7 Å². The predicted molar refractivity (Wildman–Crippen MR) is 108 cm³/mol. The Morgan fingerprint density at radius 2 is 1.96 bits per heavy atom. The third kappa shape index (κ3) is 3.53. The van der Waals surface area contributed by atoms with Crippen LogP contribution in [0.1, 0.15) is 24.1 Å². The molecule has 1 heterocycles. The highest BCUT2D eigenvalue weighted by molar-refractivity contribution is 6.46. The fourth-order valence-corrected chi connectivity index (χ4v) is 3.50. The molecule has 2 aromatic carbocycles. The van der Waals surface area contributed by atoms with Gasteiger partial charge in [0.25, 0.3) is 11.7 Å². The monoisotopic (exact) mass is 397 g/mol. The molecule has 144 valence electrons. The first-order valence-corrected chi connectivity index (χ1v) is 9.24.